The lowest BCUT2D eigenvalue weighted by atomic mass is 9.89. The molecule has 2 aromatic rings. The maximum absolute atomic E-state index is 12.4. The van der Waals surface area contributed by atoms with Crippen molar-refractivity contribution in [3.63, 3.8) is 0 Å². The summed E-state index contributed by atoms with van der Waals surface area (Å²) in [7, 11) is 0. The molecule has 4 rings (SSSR count). The monoisotopic (exact) mass is 376 g/mol. The standard InChI is InChI=1S/C24H28N2O2/c1-24(2)19(22(24)16-8-4-3-5-9-16)15-25-21(27)13-12-18-14-17-10-6-7-11-20(17)26-23(18)28/h3-11,18-19,22H,12-15H2,1-2H3,(H,25,27)(H,26,28)/t18-,19+,22+/m0/s1. The number of amides is 2. The van der Waals surface area contributed by atoms with E-state index in [-0.39, 0.29) is 23.1 Å². The highest BCUT2D eigenvalue weighted by molar-refractivity contribution is 5.96. The highest BCUT2D eigenvalue weighted by Crippen LogP contribution is 2.63. The molecule has 0 bridgehead atoms. The SMILES string of the molecule is CC1(C)[C@H](CNC(=O)CC[C@H]2Cc3ccccc3NC2=O)[C@H]1c1ccccc1. The zero-order valence-corrected chi connectivity index (χ0v) is 16.6. The van der Waals surface area contributed by atoms with Crippen molar-refractivity contribution in [3.8, 4) is 0 Å². The van der Waals surface area contributed by atoms with E-state index >= 15 is 0 Å². The quantitative estimate of drug-likeness (QED) is 0.796. The number of nitrogens with one attached hydrogen (secondary N) is 2. The lowest BCUT2D eigenvalue weighted by Crippen LogP contribution is -2.32. The fraction of sp³-hybridized carbons (Fsp3) is 0.417. The molecule has 1 heterocycles. The average Bonchev–Trinajstić information content (AvgIpc) is 3.25. The van der Waals surface area contributed by atoms with E-state index in [4.69, 9.17) is 0 Å². The van der Waals surface area contributed by atoms with E-state index < -0.39 is 0 Å². The summed E-state index contributed by atoms with van der Waals surface area (Å²) in [6, 6.07) is 18.4. The largest absolute Gasteiger partial charge is 0.356 e. The van der Waals surface area contributed by atoms with Crippen LogP contribution >= 0.6 is 0 Å². The minimum Gasteiger partial charge on any atom is -0.356 e. The van der Waals surface area contributed by atoms with Crippen molar-refractivity contribution in [1.29, 1.82) is 0 Å². The maximum Gasteiger partial charge on any atom is 0.227 e. The Bertz CT molecular complexity index is 875. The van der Waals surface area contributed by atoms with Crippen LogP contribution in [0.3, 0.4) is 0 Å². The third-order valence-corrected chi connectivity index (χ3v) is 6.56. The van der Waals surface area contributed by atoms with Gasteiger partial charge in [-0.1, -0.05) is 62.4 Å². The second kappa shape index (κ2) is 7.42. The van der Waals surface area contributed by atoms with Crippen LogP contribution in [-0.2, 0) is 16.0 Å². The number of fused-ring (bicyclic) bond motifs is 1. The van der Waals surface area contributed by atoms with Crippen LogP contribution in [0, 0.1) is 17.3 Å². The van der Waals surface area contributed by atoms with E-state index in [9.17, 15) is 9.59 Å². The summed E-state index contributed by atoms with van der Waals surface area (Å²) in [5, 5.41) is 6.06. The third kappa shape index (κ3) is 3.68. The topological polar surface area (TPSA) is 58.2 Å². The van der Waals surface area contributed by atoms with E-state index in [0.29, 0.717) is 37.6 Å². The Hall–Kier alpha value is -2.62. The zero-order valence-electron chi connectivity index (χ0n) is 16.6. The van der Waals surface area contributed by atoms with Gasteiger partial charge in [0.25, 0.3) is 0 Å². The highest BCUT2D eigenvalue weighted by atomic mass is 16.2. The maximum atomic E-state index is 12.4. The van der Waals surface area contributed by atoms with Crippen LogP contribution < -0.4 is 10.6 Å². The van der Waals surface area contributed by atoms with Gasteiger partial charge in [0.05, 0.1) is 0 Å². The minimum atomic E-state index is -0.130. The van der Waals surface area contributed by atoms with Crippen LogP contribution in [-0.4, -0.2) is 18.4 Å². The molecule has 2 aliphatic rings. The van der Waals surface area contributed by atoms with E-state index in [1.807, 2.05) is 30.3 Å². The van der Waals surface area contributed by atoms with Gasteiger partial charge in [0.1, 0.15) is 0 Å². The summed E-state index contributed by atoms with van der Waals surface area (Å²) in [4.78, 5) is 24.7. The number of rotatable bonds is 6. The number of anilines is 1. The number of para-hydroxylation sites is 1. The molecule has 0 spiro atoms. The second-order valence-corrected chi connectivity index (χ2v) is 8.71. The van der Waals surface area contributed by atoms with Crippen LogP contribution in [0.15, 0.2) is 54.6 Å². The first kappa shape index (κ1) is 18.7. The lowest BCUT2D eigenvalue weighted by molar-refractivity contribution is -0.122. The van der Waals surface area contributed by atoms with Crippen molar-refractivity contribution in [2.75, 3.05) is 11.9 Å². The summed E-state index contributed by atoms with van der Waals surface area (Å²) in [5.74, 6) is 0.897. The van der Waals surface area contributed by atoms with Crippen LogP contribution in [0.1, 0.15) is 43.7 Å². The summed E-state index contributed by atoms with van der Waals surface area (Å²) in [6.45, 7) is 5.24. The number of carbonyl (C=O) groups excluding carboxylic acids is 2. The van der Waals surface area contributed by atoms with Crippen LogP contribution in [0.2, 0.25) is 0 Å². The molecule has 0 aromatic heterocycles. The smallest absolute Gasteiger partial charge is 0.227 e. The van der Waals surface area contributed by atoms with Gasteiger partial charge in [-0.2, -0.15) is 0 Å². The first-order chi connectivity index (χ1) is 13.5. The summed E-state index contributed by atoms with van der Waals surface area (Å²) >= 11 is 0. The van der Waals surface area contributed by atoms with Gasteiger partial charge in [-0.05, 0) is 47.3 Å². The Labute approximate surface area is 166 Å². The normalized spacial score (nSPS) is 24.8. The predicted molar refractivity (Wildman–Crippen MR) is 111 cm³/mol. The van der Waals surface area contributed by atoms with Crippen LogP contribution in [0.5, 0.6) is 0 Å². The Morgan fingerprint density at radius 3 is 2.61 bits per heavy atom. The zero-order chi connectivity index (χ0) is 19.7. The van der Waals surface area contributed by atoms with E-state index in [1.165, 1.54) is 5.56 Å². The van der Waals surface area contributed by atoms with E-state index in [2.05, 4.69) is 48.7 Å². The average molecular weight is 377 g/mol. The van der Waals surface area contributed by atoms with Gasteiger partial charge in [-0.3, -0.25) is 9.59 Å². The minimum absolute atomic E-state index is 0.0268. The second-order valence-electron chi connectivity index (χ2n) is 8.71. The molecule has 1 fully saturated rings. The van der Waals surface area contributed by atoms with E-state index in [0.717, 1.165) is 11.3 Å². The van der Waals surface area contributed by atoms with Gasteiger partial charge < -0.3 is 10.6 Å². The molecule has 2 amide bonds. The molecule has 28 heavy (non-hydrogen) atoms. The molecule has 4 heteroatoms. The summed E-state index contributed by atoms with van der Waals surface area (Å²) in [6.07, 6.45) is 1.69. The predicted octanol–water partition coefficient (Wildman–Crippen LogP) is 4.13. The van der Waals surface area contributed by atoms with Crippen molar-refractivity contribution in [2.24, 2.45) is 17.3 Å². The van der Waals surface area contributed by atoms with Gasteiger partial charge in [-0.25, -0.2) is 0 Å². The number of carbonyl (C=O) groups is 2. The van der Waals surface area contributed by atoms with Crippen molar-refractivity contribution in [3.05, 3.63) is 65.7 Å². The number of hydrogen-bond donors (Lipinski definition) is 2. The summed E-state index contributed by atoms with van der Waals surface area (Å²) < 4.78 is 0. The molecule has 2 N–H and O–H groups in total. The molecule has 1 aliphatic heterocycles. The highest BCUT2D eigenvalue weighted by Gasteiger charge is 2.57. The molecule has 1 saturated carbocycles. The first-order valence-corrected chi connectivity index (χ1v) is 10.2. The van der Waals surface area contributed by atoms with Gasteiger partial charge >= 0.3 is 0 Å². The third-order valence-electron chi connectivity index (χ3n) is 6.56. The van der Waals surface area contributed by atoms with Crippen LogP contribution in [0.4, 0.5) is 5.69 Å². The number of benzene rings is 2. The molecule has 3 atom stereocenters. The molecule has 0 unspecified atom stereocenters. The fourth-order valence-electron chi connectivity index (χ4n) is 4.71. The Balaban J connectivity index is 1.26. The van der Waals surface area contributed by atoms with Crippen molar-refractivity contribution in [1.82, 2.24) is 5.32 Å². The molecule has 146 valence electrons. The van der Waals surface area contributed by atoms with Gasteiger partial charge in [0.15, 0.2) is 0 Å². The molecule has 4 nitrogen and oxygen atoms in total. The Kier molecular flexibility index (Phi) is 4.96. The van der Waals surface area contributed by atoms with Crippen molar-refractivity contribution in [2.45, 2.75) is 39.0 Å². The Morgan fingerprint density at radius 2 is 1.82 bits per heavy atom. The molecular weight excluding hydrogens is 348 g/mol. The molecule has 1 aliphatic carbocycles. The molecule has 0 radical (unpaired) electrons. The van der Waals surface area contributed by atoms with Gasteiger partial charge in [-0.15, -0.1) is 0 Å². The first-order valence-electron chi connectivity index (χ1n) is 10.2. The fourth-order valence-corrected chi connectivity index (χ4v) is 4.71. The lowest BCUT2D eigenvalue weighted by Gasteiger charge is -2.24. The van der Waals surface area contributed by atoms with Crippen molar-refractivity contribution >= 4 is 17.5 Å². The van der Waals surface area contributed by atoms with Gasteiger partial charge in [0, 0.05) is 24.6 Å². The van der Waals surface area contributed by atoms with E-state index in [1.54, 1.807) is 0 Å². The van der Waals surface area contributed by atoms with Crippen molar-refractivity contribution < 1.29 is 9.59 Å². The number of hydrogen-bond acceptors (Lipinski definition) is 2. The Morgan fingerprint density at radius 1 is 1.11 bits per heavy atom. The van der Waals surface area contributed by atoms with Gasteiger partial charge in [0.2, 0.25) is 11.8 Å². The molecular formula is C24H28N2O2. The molecule has 0 saturated heterocycles. The van der Waals surface area contributed by atoms with Crippen LogP contribution in [0.25, 0.3) is 0 Å². The summed E-state index contributed by atoms with van der Waals surface area (Å²) in [5.41, 5.74) is 3.61. The molecule has 2 aromatic carbocycles.